The van der Waals surface area contributed by atoms with Crippen LogP contribution in [0.25, 0.3) is 0 Å². The number of nitrogens with one attached hydrogen (secondary N) is 2. The van der Waals surface area contributed by atoms with Gasteiger partial charge in [-0.3, -0.25) is 9.52 Å². The Morgan fingerprint density at radius 3 is 2.25 bits per heavy atom. The van der Waals surface area contributed by atoms with Crippen LogP contribution in [0, 0.1) is 6.92 Å². The Kier molecular flexibility index (Phi) is 6.73. The topological polar surface area (TPSA) is 75.3 Å². The van der Waals surface area contributed by atoms with Crippen molar-refractivity contribution in [3.8, 4) is 0 Å². The Morgan fingerprint density at radius 1 is 0.929 bits per heavy atom. The lowest BCUT2D eigenvalue weighted by atomic mass is 9.96. The summed E-state index contributed by atoms with van der Waals surface area (Å²) in [6.07, 6.45) is 8.02. The number of carbonyl (C=O) groups is 1. The Bertz CT molecular complexity index is 903. The normalized spacial score (nSPS) is 16.0. The van der Waals surface area contributed by atoms with Gasteiger partial charge in [0.1, 0.15) is 0 Å². The summed E-state index contributed by atoms with van der Waals surface area (Å²) in [4.78, 5) is 12.9. The van der Waals surface area contributed by atoms with Gasteiger partial charge < -0.3 is 5.32 Å². The van der Waals surface area contributed by atoms with E-state index < -0.39 is 10.0 Å². The zero-order valence-corrected chi connectivity index (χ0v) is 17.1. The van der Waals surface area contributed by atoms with Gasteiger partial charge in [-0.15, -0.1) is 0 Å². The van der Waals surface area contributed by atoms with Crippen LogP contribution in [-0.4, -0.2) is 20.4 Å². The molecule has 0 heterocycles. The third kappa shape index (κ3) is 5.35. The molecule has 150 valence electrons. The van der Waals surface area contributed by atoms with Gasteiger partial charge in [0.05, 0.1) is 10.6 Å². The maximum atomic E-state index is 12.7. The number of sulfonamides is 1. The molecule has 6 heteroatoms. The second-order valence-electron chi connectivity index (χ2n) is 7.46. The van der Waals surface area contributed by atoms with Gasteiger partial charge >= 0.3 is 0 Å². The summed E-state index contributed by atoms with van der Waals surface area (Å²) in [5.74, 6) is -0.147. The molecule has 0 aliphatic heterocycles. The van der Waals surface area contributed by atoms with E-state index in [2.05, 4.69) is 10.0 Å². The average molecular weight is 401 g/mol. The highest BCUT2D eigenvalue weighted by atomic mass is 32.2. The fourth-order valence-corrected chi connectivity index (χ4v) is 4.69. The number of hydrogen-bond acceptors (Lipinski definition) is 3. The zero-order chi connectivity index (χ0) is 20.0. The number of anilines is 1. The van der Waals surface area contributed by atoms with Gasteiger partial charge in [0.2, 0.25) is 0 Å². The number of hydrogen-bond donors (Lipinski definition) is 2. The predicted octanol–water partition coefficient (Wildman–Crippen LogP) is 4.64. The van der Waals surface area contributed by atoms with Gasteiger partial charge in [0.15, 0.2) is 0 Å². The number of rotatable bonds is 5. The summed E-state index contributed by atoms with van der Waals surface area (Å²) < 4.78 is 27.8. The lowest BCUT2D eigenvalue weighted by molar-refractivity contribution is 0.0930. The first-order valence-corrected chi connectivity index (χ1v) is 11.4. The molecule has 1 aliphatic carbocycles. The molecule has 0 spiro atoms. The summed E-state index contributed by atoms with van der Waals surface area (Å²) in [7, 11) is -3.70. The highest BCUT2D eigenvalue weighted by Crippen LogP contribution is 2.22. The molecule has 1 aliphatic rings. The molecule has 0 aromatic heterocycles. The molecular formula is C22H28N2O3S. The Balaban J connectivity index is 1.74. The largest absolute Gasteiger partial charge is 0.349 e. The van der Waals surface area contributed by atoms with Crippen molar-refractivity contribution in [2.75, 3.05) is 4.72 Å². The molecule has 2 aromatic rings. The van der Waals surface area contributed by atoms with Crippen molar-refractivity contribution < 1.29 is 13.2 Å². The summed E-state index contributed by atoms with van der Waals surface area (Å²) in [6, 6.07) is 13.5. The molecule has 2 N–H and O–H groups in total. The minimum Gasteiger partial charge on any atom is -0.349 e. The first-order chi connectivity index (χ1) is 13.5. The lowest BCUT2D eigenvalue weighted by Crippen LogP contribution is -2.35. The molecule has 1 amide bonds. The summed E-state index contributed by atoms with van der Waals surface area (Å²) >= 11 is 0. The van der Waals surface area contributed by atoms with Crippen LogP contribution in [0.3, 0.4) is 0 Å². The third-order valence-corrected chi connectivity index (χ3v) is 6.62. The average Bonchev–Trinajstić information content (AvgIpc) is 2.66. The van der Waals surface area contributed by atoms with Crippen LogP contribution in [0.2, 0.25) is 0 Å². The zero-order valence-electron chi connectivity index (χ0n) is 16.3. The second-order valence-corrected chi connectivity index (χ2v) is 9.15. The standard InChI is InChI=1S/C22H28N2O3S/c1-17-14-15-18(22(25)23-19-10-6-3-2-4-7-11-19)16-21(17)24-28(26,27)20-12-8-5-9-13-20/h5,8-9,12-16,19,24H,2-4,6-7,10-11H2,1H3,(H,23,25). The minimum absolute atomic E-state index is 0.147. The van der Waals surface area contributed by atoms with E-state index in [1.165, 1.54) is 19.3 Å². The van der Waals surface area contributed by atoms with Gasteiger partial charge in [0.25, 0.3) is 15.9 Å². The van der Waals surface area contributed by atoms with Crippen molar-refractivity contribution in [1.82, 2.24) is 5.32 Å². The monoisotopic (exact) mass is 400 g/mol. The number of carbonyl (C=O) groups excluding carboxylic acids is 1. The molecular weight excluding hydrogens is 372 g/mol. The van der Waals surface area contributed by atoms with E-state index in [9.17, 15) is 13.2 Å². The maximum absolute atomic E-state index is 12.7. The van der Waals surface area contributed by atoms with E-state index >= 15 is 0 Å². The van der Waals surface area contributed by atoms with Crippen LogP contribution in [0.15, 0.2) is 53.4 Å². The van der Waals surface area contributed by atoms with Crippen LogP contribution in [0.1, 0.15) is 60.9 Å². The Labute approximate surface area is 167 Å². The van der Waals surface area contributed by atoms with E-state index in [4.69, 9.17) is 0 Å². The molecule has 3 rings (SSSR count). The van der Waals surface area contributed by atoms with Gasteiger partial charge in [-0.05, 0) is 49.6 Å². The van der Waals surface area contributed by atoms with Gasteiger partial charge in [-0.25, -0.2) is 8.42 Å². The van der Waals surface area contributed by atoms with Crippen LogP contribution in [0.4, 0.5) is 5.69 Å². The van der Waals surface area contributed by atoms with Gasteiger partial charge in [-0.2, -0.15) is 0 Å². The maximum Gasteiger partial charge on any atom is 0.261 e. The van der Waals surface area contributed by atoms with Crippen molar-refractivity contribution in [2.45, 2.75) is 62.8 Å². The van der Waals surface area contributed by atoms with Crippen molar-refractivity contribution >= 4 is 21.6 Å². The van der Waals surface area contributed by atoms with Crippen LogP contribution < -0.4 is 10.0 Å². The quantitative estimate of drug-likeness (QED) is 0.768. The Hall–Kier alpha value is -2.34. The van der Waals surface area contributed by atoms with E-state index in [-0.39, 0.29) is 16.8 Å². The first kappa shape index (κ1) is 20.4. The summed E-state index contributed by atoms with van der Waals surface area (Å²) in [5.41, 5.74) is 1.66. The number of benzene rings is 2. The summed E-state index contributed by atoms with van der Waals surface area (Å²) in [6.45, 7) is 1.82. The second kappa shape index (κ2) is 9.24. The van der Waals surface area contributed by atoms with Crippen LogP contribution in [0.5, 0.6) is 0 Å². The SMILES string of the molecule is Cc1ccc(C(=O)NC2CCCCCCC2)cc1NS(=O)(=O)c1ccccc1. The first-order valence-electron chi connectivity index (χ1n) is 9.95. The molecule has 0 atom stereocenters. The minimum atomic E-state index is -3.70. The molecule has 28 heavy (non-hydrogen) atoms. The van der Waals surface area contributed by atoms with Gasteiger partial charge in [0, 0.05) is 11.6 Å². The highest BCUT2D eigenvalue weighted by Gasteiger charge is 2.18. The molecule has 1 saturated carbocycles. The van der Waals surface area contributed by atoms with E-state index in [1.807, 2.05) is 6.92 Å². The fourth-order valence-electron chi connectivity index (χ4n) is 3.55. The molecule has 2 aromatic carbocycles. The predicted molar refractivity (Wildman–Crippen MR) is 112 cm³/mol. The highest BCUT2D eigenvalue weighted by molar-refractivity contribution is 7.92. The number of aryl methyl sites for hydroxylation is 1. The van der Waals surface area contributed by atoms with E-state index in [1.54, 1.807) is 48.5 Å². The van der Waals surface area contributed by atoms with E-state index in [0.717, 1.165) is 31.2 Å². The molecule has 0 radical (unpaired) electrons. The van der Waals surface area contributed by atoms with Crippen LogP contribution in [-0.2, 0) is 10.0 Å². The van der Waals surface area contributed by atoms with Crippen molar-refractivity contribution in [3.05, 3.63) is 59.7 Å². The molecule has 0 saturated heterocycles. The molecule has 1 fully saturated rings. The Morgan fingerprint density at radius 2 is 1.57 bits per heavy atom. The summed E-state index contributed by atoms with van der Waals surface area (Å²) in [5, 5.41) is 3.13. The fraction of sp³-hybridized carbons (Fsp3) is 0.409. The molecule has 5 nitrogen and oxygen atoms in total. The smallest absolute Gasteiger partial charge is 0.261 e. The van der Waals surface area contributed by atoms with E-state index in [0.29, 0.717) is 11.3 Å². The van der Waals surface area contributed by atoms with Crippen molar-refractivity contribution in [2.24, 2.45) is 0 Å². The van der Waals surface area contributed by atoms with Crippen molar-refractivity contribution in [1.29, 1.82) is 0 Å². The third-order valence-electron chi connectivity index (χ3n) is 5.24. The molecule has 0 bridgehead atoms. The number of amides is 1. The lowest BCUT2D eigenvalue weighted by Gasteiger charge is -2.21. The van der Waals surface area contributed by atoms with Crippen molar-refractivity contribution in [3.63, 3.8) is 0 Å². The van der Waals surface area contributed by atoms with Gasteiger partial charge in [-0.1, -0.05) is 56.4 Å². The van der Waals surface area contributed by atoms with Crippen LogP contribution >= 0.6 is 0 Å². The molecule has 0 unspecified atom stereocenters.